The van der Waals surface area contributed by atoms with Gasteiger partial charge in [0.25, 0.3) is 0 Å². The van der Waals surface area contributed by atoms with Gasteiger partial charge < -0.3 is 10.1 Å². The Morgan fingerprint density at radius 2 is 2.38 bits per heavy atom. The van der Waals surface area contributed by atoms with Crippen molar-refractivity contribution in [3.63, 3.8) is 0 Å². The lowest BCUT2D eigenvalue weighted by Crippen LogP contribution is -2.14. The van der Waals surface area contributed by atoms with E-state index in [1.54, 1.807) is 30.5 Å². The maximum atomic E-state index is 11.0. The van der Waals surface area contributed by atoms with Gasteiger partial charge in [0, 0.05) is 6.20 Å². The zero-order valence-corrected chi connectivity index (χ0v) is 7.07. The molecule has 4 nitrogen and oxygen atoms in total. The van der Waals surface area contributed by atoms with Crippen LogP contribution in [-0.4, -0.2) is 13.1 Å². The minimum Gasteiger partial charge on any atom is -0.465 e. The predicted octanol–water partition coefficient (Wildman–Crippen LogP) is 0.610. The molecule has 4 heteroatoms. The van der Waals surface area contributed by atoms with Crippen molar-refractivity contribution in [1.29, 1.82) is 5.26 Å². The van der Waals surface area contributed by atoms with Crippen LogP contribution in [0.1, 0.15) is 0 Å². The summed E-state index contributed by atoms with van der Waals surface area (Å²) in [5.41, 5.74) is 0.431. The Labute approximate surface area is 75.8 Å². The first kappa shape index (κ1) is 9.07. The number of carbonyl (C=O) groups is 1. The van der Waals surface area contributed by atoms with Crippen molar-refractivity contribution in [2.24, 2.45) is 0 Å². The van der Waals surface area contributed by atoms with Gasteiger partial charge in [0.2, 0.25) is 0 Å². The number of carbonyl (C=O) groups excluding carboxylic acids is 1. The third-order valence-electron chi connectivity index (χ3n) is 1.48. The summed E-state index contributed by atoms with van der Waals surface area (Å²) in [5, 5.41) is 11.4. The van der Waals surface area contributed by atoms with E-state index in [4.69, 9.17) is 5.26 Å². The highest BCUT2D eigenvalue weighted by Gasteiger charge is 2.13. The third kappa shape index (κ3) is 1.97. The highest BCUT2D eigenvalue weighted by atomic mass is 16.5. The minimum atomic E-state index is -0.634. The lowest BCUT2D eigenvalue weighted by molar-refractivity contribution is -0.135. The number of dihydropyridines is 1. The molecule has 0 aromatic heterocycles. The molecule has 0 saturated carbocycles. The first-order chi connectivity index (χ1) is 6.29. The summed E-state index contributed by atoms with van der Waals surface area (Å²) in [7, 11) is 1.24. The number of esters is 1. The Morgan fingerprint density at radius 1 is 1.62 bits per heavy atom. The molecule has 1 N–H and O–H groups in total. The standard InChI is InChI=1S/C9H8N2O2/c1-13-9(12)7(6-10)8-4-2-3-5-11-8/h2-5,11H,1H3/b8-7-. The molecule has 0 aromatic rings. The molecule has 0 amide bonds. The maximum absolute atomic E-state index is 11.0. The molecule has 1 aliphatic rings. The van der Waals surface area contributed by atoms with E-state index in [-0.39, 0.29) is 5.57 Å². The van der Waals surface area contributed by atoms with Gasteiger partial charge in [-0.1, -0.05) is 6.08 Å². The van der Waals surface area contributed by atoms with E-state index in [2.05, 4.69) is 10.1 Å². The van der Waals surface area contributed by atoms with Crippen molar-refractivity contribution in [2.45, 2.75) is 0 Å². The number of allylic oxidation sites excluding steroid dienone is 3. The van der Waals surface area contributed by atoms with Crippen LogP contribution in [0.25, 0.3) is 0 Å². The summed E-state index contributed by atoms with van der Waals surface area (Å²) in [5.74, 6) is -0.634. The monoisotopic (exact) mass is 176 g/mol. The summed E-state index contributed by atoms with van der Waals surface area (Å²) in [6.45, 7) is 0. The lowest BCUT2D eigenvalue weighted by Gasteiger charge is -2.06. The molecule has 0 unspecified atom stereocenters. The Hall–Kier alpha value is -2.02. The van der Waals surface area contributed by atoms with Crippen molar-refractivity contribution in [3.8, 4) is 6.07 Å². The molecule has 0 atom stereocenters. The fraction of sp³-hybridized carbons (Fsp3) is 0.111. The Balaban J connectivity index is 3.00. The van der Waals surface area contributed by atoms with Crippen LogP contribution in [0.2, 0.25) is 0 Å². The van der Waals surface area contributed by atoms with Crippen LogP contribution in [0.5, 0.6) is 0 Å². The quantitative estimate of drug-likeness (QED) is 0.361. The molecule has 1 heterocycles. The summed E-state index contributed by atoms with van der Waals surface area (Å²) in [4.78, 5) is 11.0. The van der Waals surface area contributed by atoms with Gasteiger partial charge in [0.1, 0.15) is 6.07 Å². The molecule has 0 saturated heterocycles. The van der Waals surface area contributed by atoms with Gasteiger partial charge in [-0.15, -0.1) is 0 Å². The molecule has 0 aromatic carbocycles. The fourth-order valence-electron chi connectivity index (χ4n) is 0.867. The molecular weight excluding hydrogens is 168 g/mol. The van der Waals surface area contributed by atoms with Gasteiger partial charge in [0.15, 0.2) is 5.57 Å². The van der Waals surface area contributed by atoms with Gasteiger partial charge in [0.05, 0.1) is 12.8 Å². The second kappa shape index (κ2) is 4.12. The fourth-order valence-corrected chi connectivity index (χ4v) is 0.867. The van der Waals surface area contributed by atoms with Crippen LogP contribution < -0.4 is 5.32 Å². The number of hydrogen-bond donors (Lipinski definition) is 1. The number of methoxy groups -OCH3 is 1. The predicted molar refractivity (Wildman–Crippen MR) is 46.1 cm³/mol. The van der Waals surface area contributed by atoms with E-state index in [1.807, 2.05) is 0 Å². The molecule has 13 heavy (non-hydrogen) atoms. The topological polar surface area (TPSA) is 62.1 Å². The van der Waals surface area contributed by atoms with E-state index in [0.717, 1.165) is 0 Å². The summed E-state index contributed by atoms with van der Waals surface area (Å²) in [6, 6.07) is 1.78. The number of nitrogens with one attached hydrogen (secondary N) is 1. The molecule has 1 rings (SSSR count). The Morgan fingerprint density at radius 3 is 2.85 bits per heavy atom. The van der Waals surface area contributed by atoms with Gasteiger partial charge >= 0.3 is 5.97 Å². The number of rotatable bonds is 1. The maximum Gasteiger partial charge on any atom is 0.350 e. The highest BCUT2D eigenvalue weighted by molar-refractivity contribution is 5.94. The summed E-state index contributed by atoms with van der Waals surface area (Å²) >= 11 is 0. The van der Waals surface area contributed by atoms with Crippen LogP contribution in [-0.2, 0) is 9.53 Å². The molecule has 0 fully saturated rings. The third-order valence-corrected chi connectivity index (χ3v) is 1.48. The first-order valence-corrected chi connectivity index (χ1v) is 3.62. The molecular formula is C9H8N2O2. The van der Waals surface area contributed by atoms with Crippen molar-refractivity contribution in [3.05, 3.63) is 35.7 Å². The number of nitrogens with zero attached hydrogens (tertiary/aromatic N) is 1. The SMILES string of the molecule is COC(=O)/C(C#N)=C1/C=CC=CN1. The Bertz CT molecular complexity index is 345. The smallest absolute Gasteiger partial charge is 0.350 e. The van der Waals surface area contributed by atoms with Crippen molar-refractivity contribution in [1.82, 2.24) is 5.32 Å². The first-order valence-electron chi connectivity index (χ1n) is 3.62. The van der Waals surface area contributed by atoms with Crippen LogP contribution in [0.3, 0.4) is 0 Å². The van der Waals surface area contributed by atoms with Crippen LogP contribution in [0.15, 0.2) is 35.7 Å². The van der Waals surface area contributed by atoms with E-state index in [0.29, 0.717) is 5.70 Å². The van der Waals surface area contributed by atoms with E-state index >= 15 is 0 Å². The minimum absolute atomic E-state index is 0.0249. The van der Waals surface area contributed by atoms with Crippen LogP contribution >= 0.6 is 0 Å². The number of nitriles is 1. The van der Waals surface area contributed by atoms with Gasteiger partial charge in [-0.05, 0) is 12.2 Å². The van der Waals surface area contributed by atoms with E-state index in [1.165, 1.54) is 7.11 Å². The highest BCUT2D eigenvalue weighted by Crippen LogP contribution is 2.07. The zero-order valence-electron chi connectivity index (χ0n) is 7.07. The van der Waals surface area contributed by atoms with Crippen molar-refractivity contribution < 1.29 is 9.53 Å². The molecule has 0 radical (unpaired) electrons. The molecule has 66 valence electrons. The van der Waals surface area contributed by atoms with Crippen LogP contribution in [0.4, 0.5) is 0 Å². The normalized spacial score (nSPS) is 17.2. The second-order valence-corrected chi connectivity index (χ2v) is 2.25. The summed E-state index contributed by atoms with van der Waals surface area (Å²) < 4.78 is 4.44. The molecule has 1 aliphatic heterocycles. The number of hydrogen-bond acceptors (Lipinski definition) is 4. The average Bonchev–Trinajstić information content (AvgIpc) is 2.20. The molecule has 0 aliphatic carbocycles. The van der Waals surface area contributed by atoms with Gasteiger partial charge in [-0.25, -0.2) is 4.79 Å². The lowest BCUT2D eigenvalue weighted by atomic mass is 10.2. The van der Waals surface area contributed by atoms with Gasteiger partial charge in [-0.2, -0.15) is 5.26 Å². The zero-order chi connectivity index (χ0) is 9.68. The summed E-state index contributed by atoms with van der Waals surface area (Å²) in [6.07, 6.45) is 6.76. The Kier molecular flexibility index (Phi) is 2.87. The van der Waals surface area contributed by atoms with Gasteiger partial charge in [-0.3, -0.25) is 0 Å². The van der Waals surface area contributed by atoms with E-state index < -0.39 is 5.97 Å². The number of ether oxygens (including phenoxy) is 1. The average molecular weight is 176 g/mol. The second-order valence-electron chi connectivity index (χ2n) is 2.25. The van der Waals surface area contributed by atoms with Crippen molar-refractivity contribution >= 4 is 5.97 Å². The molecule has 0 bridgehead atoms. The largest absolute Gasteiger partial charge is 0.465 e. The van der Waals surface area contributed by atoms with Crippen LogP contribution in [0, 0.1) is 11.3 Å². The van der Waals surface area contributed by atoms with Crippen molar-refractivity contribution in [2.75, 3.05) is 7.11 Å². The molecule has 0 spiro atoms. The van der Waals surface area contributed by atoms with E-state index in [9.17, 15) is 4.79 Å².